The average Bonchev–Trinajstić information content (AvgIpc) is 2.20. The molecule has 0 aliphatic rings. The normalized spacial score (nSPS) is 10.5. The summed E-state index contributed by atoms with van der Waals surface area (Å²) in [5.74, 6) is -0.893. The summed E-state index contributed by atoms with van der Waals surface area (Å²) in [7, 11) is 0. The third kappa shape index (κ3) is 3.56. The zero-order valence-electron chi connectivity index (χ0n) is 7.81. The molecule has 1 aromatic rings. The molecule has 0 fully saturated rings. The van der Waals surface area contributed by atoms with Gasteiger partial charge in [-0.15, -0.1) is 0 Å². The number of aldehydes is 1. The maximum atomic E-state index is 10.6. The Morgan fingerprint density at radius 2 is 2.20 bits per heavy atom. The Morgan fingerprint density at radius 1 is 1.47 bits per heavy atom. The molecule has 1 rings (SSSR count). The highest BCUT2D eigenvalue weighted by Crippen LogP contribution is 2.16. The summed E-state index contributed by atoms with van der Waals surface area (Å²) in [6.45, 7) is 0. The lowest BCUT2D eigenvalue weighted by Crippen LogP contribution is -1.89. The quantitative estimate of drug-likeness (QED) is 0.800. The Kier molecular flexibility index (Phi) is 4.06. The van der Waals surface area contributed by atoms with Crippen LogP contribution in [0.5, 0.6) is 0 Å². The summed E-state index contributed by atoms with van der Waals surface area (Å²) in [4.78, 5) is 20.8. The van der Waals surface area contributed by atoms with Gasteiger partial charge in [-0.1, -0.05) is 29.8 Å². The molecule has 0 bridgehead atoms. The smallest absolute Gasteiger partial charge is 0.307 e. The van der Waals surface area contributed by atoms with Crippen molar-refractivity contribution < 1.29 is 14.7 Å². The molecule has 0 radical (unpaired) electrons. The molecular formula is C11H9ClO3. The average molecular weight is 225 g/mol. The van der Waals surface area contributed by atoms with Gasteiger partial charge in [-0.2, -0.15) is 0 Å². The lowest BCUT2D eigenvalue weighted by Gasteiger charge is -1.97. The Bertz CT molecular complexity index is 410. The predicted octanol–water partition coefficient (Wildman–Crippen LogP) is 2.64. The van der Waals surface area contributed by atoms with Crippen LogP contribution in [-0.4, -0.2) is 17.4 Å². The Labute approximate surface area is 92.0 Å². The number of aliphatic carboxylic acids is 1. The van der Waals surface area contributed by atoms with Crippen LogP contribution < -0.4 is 0 Å². The number of benzene rings is 1. The molecule has 78 valence electrons. The molecule has 3 nitrogen and oxygen atoms in total. The van der Waals surface area contributed by atoms with Gasteiger partial charge in [0.05, 0.1) is 11.4 Å². The van der Waals surface area contributed by atoms with Crippen molar-refractivity contribution in [2.75, 3.05) is 0 Å². The number of carbonyl (C=O) groups excluding carboxylic acids is 1. The highest BCUT2D eigenvalue weighted by Gasteiger charge is 1.98. The van der Waals surface area contributed by atoms with E-state index < -0.39 is 5.97 Å². The predicted molar refractivity (Wildman–Crippen MR) is 58.1 cm³/mol. The SMILES string of the molecule is O=Cc1cc(C=CCC(=O)O)ccc1Cl. The monoisotopic (exact) mass is 224 g/mol. The Balaban J connectivity index is 2.82. The van der Waals surface area contributed by atoms with Crippen molar-refractivity contribution >= 4 is 29.9 Å². The fourth-order valence-electron chi connectivity index (χ4n) is 1.05. The van der Waals surface area contributed by atoms with Gasteiger partial charge in [0.15, 0.2) is 6.29 Å². The van der Waals surface area contributed by atoms with E-state index in [-0.39, 0.29) is 6.42 Å². The van der Waals surface area contributed by atoms with Gasteiger partial charge in [-0.25, -0.2) is 0 Å². The first-order valence-corrected chi connectivity index (χ1v) is 4.64. The molecule has 0 atom stereocenters. The Morgan fingerprint density at radius 3 is 2.80 bits per heavy atom. The molecular weight excluding hydrogens is 216 g/mol. The van der Waals surface area contributed by atoms with Crippen molar-refractivity contribution in [3.8, 4) is 0 Å². The molecule has 1 aromatic carbocycles. The van der Waals surface area contributed by atoms with Gasteiger partial charge in [0.2, 0.25) is 0 Å². The topological polar surface area (TPSA) is 54.4 Å². The maximum absolute atomic E-state index is 10.6. The molecule has 0 saturated heterocycles. The van der Waals surface area contributed by atoms with Crippen LogP contribution in [0.1, 0.15) is 22.3 Å². The van der Waals surface area contributed by atoms with Gasteiger partial charge < -0.3 is 5.11 Å². The number of carbonyl (C=O) groups is 2. The van der Waals surface area contributed by atoms with Crippen LogP contribution in [0.15, 0.2) is 24.3 Å². The zero-order valence-corrected chi connectivity index (χ0v) is 8.57. The minimum Gasteiger partial charge on any atom is -0.481 e. The second kappa shape index (κ2) is 5.32. The van der Waals surface area contributed by atoms with Gasteiger partial charge in [-0.05, 0) is 17.7 Å². The van der Waals surface area contributed by atoms with E-state index in [1.165, 1.54) is 6.08 Å². The third-order valence-corrected chi connectivity index (χ3v) is 2.09. The standard InChI is InChI=1S/C11H9ClO3/c12-10-5-4-8(6-9(10)7-13)2-1-3-11(14)15/h1-2,4-7H,3H2,(H,14,15). The van der Waals surface area contributed by atoms with Gasteiger partial charge in [0, 0.05) is 5.56 Å². The molecule has 0 unspecified atom stereocenters. The van der Waals surface area contributed by atoms with Crippen molar-refractivity contribution in [1.29, 1.82) is 0 Å². The van der Waals surface area contributed by atoms with E-state index in [0.717, 1.165) is 5.56 Å². The van der Waals surface area contributed by atoms with Crippen LogP contribution in [-0.2, 0) is 4.79 Å². The highest BCUT2D eigenvalue weighted by atomic mass is 35.5. The van der Waals surface area contributed by atoms with Crippen LogP contribution in [0.4, 0.5) is 0 Å². The molecule has 1 N–H and O–H groups in total. The summed E-state index contributed by atoms with van der Waals surface area (Å²) < 4.78 is 0. The van der Waals surface area contributed by atoms with E-state index >= 15 is 0 Å². The van der Waals surface area contributed by atoms with Gasteiger partial charge in [0.25, 0.3) is 0 Å². The Hall–Kier alpha value is -1.61. The minimum absolute atomic E-state index is 0.0426. The first-order valence-electron chi connectivity index (χ1n) is 4.26. The second-order valence-electron chi connectivity index (χ2n) is 2.90. The fraction of sp³-hybridized carbons (Fsp3) is 0.0909. The largest absolute Gasteiger partial charge is 0.481 e. The summed E-state index contributed by atoms with van der Waals surface area (Å²) in [6, 6.07) is 4.92. The van der Waals surface area contributed by atoms with Crippen molar-refractivity contribution in [3.63, 3.8) is 0 Å². The van der Waals surface area contributed by atoms with Crippen molar-refractivity contribution in [1.82, 2.24) is 0 Å². The van der Waals surface area contributed by atoms with E-state index in [1.54, 1.807) is 24.3 Å². The third-order valence-electron chi connectivity index (χ3n) is 1.75. The number of hydrogen-bond acceptors (Lipinski definition) is 2. The van der Waals surface area contributed by atoms with Crippen molar-refractivity contribution in [2.45, 2.75) is 6.42 Å². The summed E-state index contributed by atoms with van der Waals surface area (Å²) in [6.07, 6.45) is 3.77. The molecule has 0 heterocycles. The fourth-order valence-corrected chi connectivity index (χ4v) is 1.21. The van der Waals surface area contributed by atoms with E-state index in [2.05, 4.69) is 0 Å². The number of halogens is 1. The van der Waals surface area contributed by atoms with Gasteiger partial charge in [0.1, 0.15) is 0 Å². The highest BCUT2D eigenvalue weighted by molar-refractivity contribution is 6.33. The van der Waals surface area contributed by atoms with Crippen LogP contribution in [0, 0.1) is 0 Å². The van der Waals surface area contributed by atoms with Crippen LogP contribution >= 0.6 is 11.6 Å². The molecule has 0 amide bonds. The molecule has 0 saturated carbocycles. The number of hydrogen-bond donors (Lipinski definition) is 1. The van der Waals surface area contributed by atoms with Crippen molar-refractivity contribution in [3.05, 3.63) is 40.4 Å². The van der Waals surface area contributed by atoms with E-state index in [0.29, 0.717) is 16.9 Å². The summed E-state index contributed by atoms with van der Waals surface area (Å²) in [5.41, 5.74) is 1.15. The number of carboxylic acids is 1. The van der Waals surface area contributed by atoms with E-state index in [4.69, 9.17) is 16.7 Å². The molecule has 4 heteroatoms. The lowest BCUT2D eigenvalue weighted by molar-refractivity contribution is -0.135. The van der Waals surface area contributed by atoms with Crippen LogP contribution in [0.3, 0.4) is 0 Å². The van der Waals surface area contributed by atoms with E-state index in [1.807, 2.05) is 0 Å². The molecule has 0 spiro atoms. The van der Waals surface area contributed by atoms with Crippen LogP contribution in [0.25, 0.3) is 6.08 Å². The molecule has 0 aromatic heterocycles. The second-order valence-corrected chi connectivity index (χ2v) is 3.31. The molecule has 0 aliphatic heterocycles. The summed E-state index contributed by atoms with van der Waals surface area (Å²) in [5, 5.41) is 8.80. The lowest BCUT2D eigenvalue weighted by atomic mass is 10.1. The first kappa shape index (κ1) is 11.5. The number of rotatable bonds is 4. The molecule has 15 heavy (non-hydrogen) atoms. The minimum atomic E-state index is -0.893. The zero-order chi connectivity index (χ0) is 11.3. The number of carboxylic acid groups (broad SMARTS) is 1. The maximum Gasteiger partial charge on any atom is 0.307 e. The first-order chi connectivity index (χ1) is 7.13. The van der Waals surface area contributed by atoms with E-state index in [9.17, 15) is 9.59 Å². The van der Waals surface area contributed by atoms with Crippen LogP contribution in [0.2, 0.25) is 5.02 Å². The summed E-state index contributed by atoms with van der Waals surface area (Å²) >= 11 is 5.73. The molecule has 0 aliphatic carbocycles. The van der Waals surface area contributed by atoms with Crippen molar-refractivity contribution in [2.24, 2.45) is 0 Å². The van der Waals surface area contributed by atoms with Gasteiger partial charge in [-0.3, -0.25) is 9.59 Å². The van der Waals surface area contributed by atoms with Gasteiger partial charge >= 0.3 is 5.97 Å².